The van der Waals surface area contributed by atoms with Gasteiger partial charge in [0.2, 0.25) is 0 Å². The van der Waals surface area contributed by atoms with Gasteiger partial charge in [-0.25, -0.2) is 0 Å². The van der Waals surface area contributed by atoms with E-state index in [1.54, 1.807) is 19.1 Å². The van der Waals surface area contributed by atoms with E-state index in [1.807, 2.05) is 36.4 Å². The number of nitrogens with two attached hydrogens (primary N) is 1. The monoisotopic (exact) mass is 516 g/mol. The molecule has 0 aliphatic carbocycles. The molecule has 3 aromatic rings. The van der Waals surface area contributed by atoms with E-state index < -0.39 is 6.10 Å². The summed E-state index contributed by atoms with van der Waals surface area (Å²) in [6.07, 6.45) is 2.94. The highest BCUT2D eigenvalue weighted by atomic mass is 16.5. The van der Waals surface area contributed by atoms with Gasteiger partial charge in [0.25, 0.3) is 5.91 Å². The van der Waals surface area contributed by atoms with E-state index in [9.17, 15) is 9.90 Å². The molecule has 0 aromatic heterocycles. The van der Waals surface area contributed by atoms with E-state index in [-0.39, 0.29) is 22.5 Å². The Labute approximate surface area is 228 Å². The van der Waals surface area contributed by atoms with Crippen molar-refractivity contribution in [1.82, 2.24) is 0 Å². The summed E-state index contributed by atoms with van der Waals surface area (Å²) < 4.78 is 6.26. The lowest BCUT2D eigenvalue weighted by Gasteiger charge is -2.31. The SMILES string of the molecule is CCC(C)(C)c1ccc(OC(C)C(=O)Nc2ccc(CCc3ccc(O)cc3N)cc2)c(C(C)(C)CC)c1. The molecule has 204 valence electrons. The summed E-state index contributed by atoms with van der Waals surface area (Å²) in [7, 11) is 0. The molecule has 3 aromatic carbocycles. The molecule has 38 heavy (non-hydrogen) atoms. The van der Waals surface area contributed by atoms with Crippen molar-refractivity contribution >= 4 is 17.3 Å². The summed E-state index contributed by atoms with van der Waals surface area (Å²) in [5.74, 6) is 0.749. The molecule has 4 N–H and O–H groups in total. The Morgan fingerprint density at radius 1 is 0.921 bits per heavy atom. The minimum absolute atomic E-state index is 0.0723. The number of phenols is 1. The molecule has 0 saturated heterocycles. The molecule has 5 heteroatoms. The van der Waals surface area contributed by atoms with Crippen LogP contribution in [-0.4, -0.2) is 17.1 Å². The standard InChI is InChI=1S/C33H44N2O3/c1-8-32(4,5)25-15-19-30(28(20-25)33(6,7)9-2)38-22(3)31(37)35-26-16-11-23(12-17-26)10-13-24-14-18-27(36)21-29(24)34/h11-12,14-22,36H,8-10,13,34H2,1-7H3,(H,35,37). The number of nitrogens with one attached hydrogen (secondary N) is 1. The molecule has 0 heterocycles. The highest BCUT2D eigenvalue weighted by Gasteiger charge is 2.28. The number of rotatable bonds is 11. The van der Waals surface area contributed by atoms with Crippen LogP contribution in [-0.2, 0) is 28.5 Å². The van der Waals surface area contributed by atoms with Crippen molar-refractivity contribution in [2.24, 2.45) is 0 Å². The van der Waals surface area contributed by atoms with Crippen LogP contribution in [0.15, 0.2) is 60.7 Å². The lowest BCUT2D eigenvalue weighted by atomic mass is 9.76. The molecule has 0 radical (unpaired) electrons. The summed E-state index contributed by atoms with van der Waals surface area (Å²) in [4.78, 5) is 13.0. The quantitative estimate of drug-likeness (QED) is 0.230. The molecule has 0 saturated carbocycles. The highest BCUT2D eigenvalue weighted by molar-refractivity contribution is 5.94. The van der Waals surface area contributed by atoms with Gasteiger partial charge in [-0.2, -0.15) is 0 Å². The van der Waals surface area contributed by atoms with Gasteiger partial charge < -0.3 is 20.9 Å². The Morgan fingerprint density at radius 2 is 1.58 bits per heavy atom. The van der Waals surface area contributed by atoms with Crippen molar-refractivity contribution < 1.29 is 14.6 Å². The van der Waals surface area contributed by atoms with E-state index in [0.29, 0.717) is 5.69 Å². The van der Waals surface area contributed by atoms with Gasteiger partial charge in [-0.3, -0.25) is 4.79 Å². The fraction of sp³-hybridized carbons (Fsp3) is 0.424. The number of ether oxygens (including phenoxy) is 1. The zero-order valence-electron chi connectivity index (χ0n) is 24.0. The minimum atomic E-state index is -0.649. The second-order valence-corrected chi connectivity index (χ2v) is 11.5. The van der Waals surface area contributed by atoms with Crippen LogP contribution in [0.5, 0.6) is 11.5 Å². The van der Waals surface area contributed by atoms with Crippen LogP contribution < -0.4 is 15.8 Å². The molecule has 0 fully saturated rings. The number of benzene rings is 3. The Balaban J connectivity index is 1.67. The third-order valence-electron chi connectivity index (χ3n) is 7.96. The van der Waals surface area contributed by atoms with Crippen molar-refractivity contribution in [3.8, 4) is 11.5 Å². The van der Waals surface area contributed by atoms with E-state index >= 15 is 0 Å². The number of aryl methyl sites for hydroxylation is 2. The molecule has 0 bridgehead atoms. The number of aromatic hydroxyl groups is 1. The lowest BCUT2D eigenvalue weighted by molar-refractivity contribution is -0.122. The predicted molar refractivity (Wildman–Crippen MR) is 158 cm³/mol. The second kappa shape index (κ2) is 11.9. The van der Waals surface area contributed by atoms with Gasteiger partial charge in [-0.05, 0) is 84.4 Å². The normalized spacial score (nSPS) is 12.7. The van der Waals surface area contributed by atoms with Crippen LogP contribution in [0.25, 0.3) is 0 Å². The zero-order valence-corrected chi connectivity index (χ0v) is 24.0. The van der Waals surface area contributed by atoms with Gasteiger partial charge in [0.1, 0.15) is 11.5 Å². The molecule has 5 nitrogen and oxygen atoms in total. The van der Waals surface area contributed by atoms with Crippen LogP contribution in [0.1, 0.15) is 83.6 Å². The fourth-order valence-electron chi connectivity index (χ4n) is 4.31. The van der Waals surface area contributed by atoms with Crippen molar-refractivity contribution in [3.05, 3.63) is 82.9 Å². The third kappa shape index (κ3) is 7.09. The third-order valence-corrected chi connectivity index (χ3v) is 7.96. The molecule has 0 spiro atoms. The van der Waals surface area contributed by atoms with Crippen LogP contribution in [0.4, 0.5) is 11.4 Å². The largest absolute Gasteiger partial charge is 0.508 e. The van der Waals surface area contributed by atoms with Gasteiger partial charge in [0.05, 0.1) is 0 Å². The van der Waals surface area contributed by atoms with Crippen molar-refractivity contribution in [2.45, 2.75) is 91.1 Å². The summed E-state index contributed by atoms with van der Waals surface area (Å²) in [5, 5.41) is 12.5. The Bertz CT molecular complexity index is 1250. The summed E-state index contributed by atoms with van der Waals surface area (Å²) in [6, 6.07) is 19.3. The van der Waals surface area contributed by atoms with Crippen molar-refractivity contribution in [2.75, 3.05) is 11.1 Å². The Morgan fingerprint density at radius 3 is 2.18 bits per heavy atom. The van der Waals surface area contributed by atoms with Crippen molar-refractivity contribution in [3.63, 3.8) is 0 Å². The van der Waals surface area contributed by atoms with Crippen molar-refractivity contribution in [1.29, 1.82) is 0 Å². The fourth-order valence-corrected chi connectivity index (χ4v) is 4.31. The molecule has 1 unspecified atom stereocenters. The molecule has 3 rings (SSSR count). The average molecular weight is 517 g/mol. The van der Waals surface area contributed by atoms with Crippen LogP contribution in [0.2, 0.25) is 0 Å². The minimum Gasteiger partial charge on any atom is -0.508 e. The first-order chi connectivity index (χ1) is 17.9. The maximum Gasteiger partial charge on any atom is 0.265 e. The lowest BCUT2D eigenvalue weighted by Crippen LogP contribution is -2.31. The van der Waals surface area contributed by atoms with Crippen LogP contribution >= 0.6 is 0 Å². The zero-order chi connectivity index (χ0) is 28.1. The number of amides is 1. The number of nitrogen functional groups attached to an aromatic ring is 1. The number of phenolic OH excluding ortho intramolecular Hbond substituents is 1. The molecular weight excluding hydrogens is 472 g/mol. The summed E-state index contributed by atoms with van der Waals surface area (Å²) in [6.45, 7) is 15.1. The van der Waals surface area contributed by atoms with E-state index in [4.69, 9.17) is 10.5 Å². The second-order valence-electron chi connectivity index (χ2n) is 11.5. The smallest absolute Gasteiger partial charge is 0.265 e. The number of hydrogen-bond donors (Lipinski definition) is 3. The van der Waals surface area contributed by atoms with E-state index in [1.165, 1.54) is 5.56 Å². The molecule has 1 amide bonds. The van der Waals surface area contributed by atoms with Gasteiger partial charge in [-0.1, -0.05) is 71.9 Å². The summed E-state index contributed by atoms with van der Waals surface area (Å²) in [5.41, 5.74) is 11.9. The number of anilines is 2. The topological polar surface area (TPSA) is 84.6 Å². The number of carbonyl (C=O) groups excluding carboxylic acids is 1. The van der Waals surface area contributed by atoms with Crippen LogP contribution in [0.3, 0.4) is 0 Å². The first-order valence-corrected chi connectivity index (χ1v) is 13.6. The van der Waals surface area contributed by atoms with Gasteiger partial charge in [-0.15, -0.1) is 0 Å². The van der Waals surface area contributed by atoms with Gasteiger partial charge in [0.15, 0.2) is 6.10 Å². The first-order valence-electron chi connectivity index (χ1n) is 13.6. The maximum atomic E-state index is 13.0. The number of carbonyl (C=O) groups is 1. The highest BCUT2D eigenvalue weighted by Crippen LogP contribution is 2.39. The number of hydrogen-bond acceptors (Lipinski definition) is 4. The van der Waals surface area contributed by atoms with E-state index in [2.05, 4.69) is 59.0 Å². The molecular formula is C33H44N2O3. The van der Waals surface area contributed by atoms with Crippen LogP contribution in [0, 0.1) is 0 Å². The average Bonchev–Trinajstić information content (AvgIpc) is 2.89. The van der Waals surface area contributed by atoms with Gasteiger partial charge in [0, 0.05) is 23.0 Å². The van der Waals surface area contributed by atoms with E-state index in [0.717, 1.165) is 53.8 Å². The van der Waals surface area contributed by atoms with Gasteiger partial charge >= 0.3 is 0 Å². The molecule has 0 aliphatic rings. The molecule has 1 atom stereocenters. The maximum absolute atomic E-state index is 13.0. The predicted octanol–water partition coefficient (Wildman–Crippen LogP) is 7.54. The summed E-state index contributed by atoms with van der Waals surface area (Å²) >= 11 is 0. The Kier molecular flexibility index (Phi) is 9.14. The first kappa shape index (κ1) is 29.1. The Hall–Kier alpha value is -3.47. The molecule has 0 aliphatic heterocycles.